The fraction of sp³-hybridized carbons (Fsp3) is 0.0909. The van der Waals surface area contributed by atoms with Crippen LogP contribution in [0.15, 0.2) is 36.0 Å². The number of aromatic nitrogens is 1. The van der Waals surface area contributed by atoms with Crippen LogP contribution in [0.4, 0.5) is 5.69 Å². The zero-order valence-electron chi connectivity index (χ0n) is 8.38. The molecule has 0 saturated carbocycles. The minimum absolute atomic E-state index is 0.286. The van der Waals surface area contributed by atoms with E-state index in [0.29, 0.717) is 6.54 Å². The Balaban J connectivity index is 2.04. The molecule has 16 heavy (non-hydrogen) atoms. The summed E-state index contributed by atoms with van der Waals surface area (Å²) in [6, 6.07) is 6.75. The lowest BCUT2D eigenvalue weighted by atomic mass is 10.2. The molecule has 5 heteroatoms. The van der Waals surface area contributed by atoms with E-state index >= 15 is 0 Å². The molecule has 2 N–H and O–H groups in total. The second-order valence-corrected chi connectivity index (χ2v) is 4.18. The molecule has 0 amide bonds. The molecule has 0 aliphatic rings. The van der Waals surface area contributed by atoms with Gasteiger partial charge in [0.1, 0.15) is 0 Å². The summed E-state index contributed by atoms with van der Waals surface area (Å²) in [6.07, 6.45) is 1.79. The number of benzene rings is 1. The van der Waals surface area contributed by atoms with Crippen LogP contribution in [0.25, 0.3) is 0 Å². The number of hydrogen-bond acceptors (Lipinski definition) is 4. The van der Waals surface area contributed by atoms with Crippen LogP contribution >= 0.6 is 11.3 Å². The minimum atomic E-state index is -0.915. The number of nitrogens with zero attached hydrogens (tertiary/aromatic N) is 1. The van der Waals surface area contributed by atoms with Gasteiger partial charge in [0.25, 0.3) is 0 Å². The lowest BCUT2D eigenvalue weighted by molar-refractivity contribution is 0.0697. The molecule has 82 valence electrons. The van der Waals surface area contributed by atoms with E-state index in [0.717, 1.165) is 10.6 Å². The molecule has 0 atom stereocenters. The highest BCUT2D eigenvalue weighted by Crippen LogP contribution is 2.13. The van der Waals surface area contributed by atoms with Crippen molar-refractivity contribution in [2.45, 2.75) is 6.54 Å². The molecule has 1 aromatic carbocycles. The lowest BCUT2D eigenvalue weighted by Crippen LogP contribution is -2.00. The van der Waals surface area contributed by atoms with Gasteiger partial charge in [-0.2, -0.15) is 0 Å². The van der Waals surface area contributed by atoms with Gasteiger partial charge in [-0.1, -0.05) is 6.07 Å². The van der Waals surface area contributed by atoms with Gasteiger partial charge in [0.15, 0.2) is 0 Å². The number of aromatic carboxylic acids is 1. The molecule has 0 bridgehead atoms. The molecular formula is C11H10N2O2S. The van der Waals surface area contributed by atoms with Crippen molar-refractivity contribution >= 4 is 23.0 Å². The van der Waals surface area contributed by atoms with Crippen LogP contribution in [0.2, 0.25) is 0 Å². The molecule has 0 aliphatic carbocycles. The predicted octanol–water partition coefficient (Wildman–Crippen LogP) is 2.45. The monoisotopic (exact) mass is 234 g/mol. The molecule has 2 aromatic rings. The van der Waals surface area contributed by atoms with E-state index in [1.807, 2.05) is 6.07 Å². The fourth-order valence-electron chi connectivity index (χ4n) is 1.28. The Morgan fingerprint density at radius 1 is 1.50 bits per heavy atom. The summed E-state index contributed by atoms with van der Waals surface area (Å²) in [5.41, 5.74) is 2.85. The number of carboxylic acid groups (broad SMARTS) is 1. The summed E-state index contributed by atoms with van der Waals surface area (Å²) in [5.74, 6) is -0.915. The maximum absolute atomic E-state index is 10.8. The molecule has 0 saturated heterocycles. The van der Waals surface area contributed by atoms with Gasteiger partial charge < -0.3 is 10.4 Å². The highest BCUT2D eigenvalue weighted by Gasteiger charge is 2.02. The number of hydrogen-bond donors (Lipinski definition) is 2. The average molecular weight is 234 g/mol. The molecule has 0 fully saturated rings. The van der Waals surface area contributed by atoms with Crippen molar-refractivity contribution in [1.82, 2.24) is 4.98 Å². The normalized spacial score (nSPS) is 10.0. The summed E-state index contributed by atoms with van der Waals surface area (Å²) in [7, 11) is 0. The number of anilines is 1. The first-order valence-corrected chi connectivity index (χ1v) is 5.58. The molecule has 1 heterocycles. The molecule has 0 unspecified atom stereocenters. The van der Waals surface area contributed by atoms with Gasteiger partial charge in [0.2, 0.25) is 0 Å². The number of rotatable bonds is 4. The molecule has 0 aliphatic heterocycles. The topological polar surface area (TPSA) is 62.2 Å². The van der Waals surface area contributed by atoms with Crippen molar-refractivity contribution in [2.24, 2.45) is 0 Å². The van der Waals surface area contributed by atoms with Crippen molar-refractivity contribution < 1.29 is 9.90 Å². The minimum Gasteiger partial charge on any atom is -0.478 e. The van der Waals surface area contributed by atoms with Crippen LogP contribution in [0.1, 0.15) is 15.2 Å². The summed E-state index contributed by atoms with van der Waals surface area (Å²) < 4.78 is 0. The third-order valence-corrected chi connectivity index (χ3v) is 2.84. The quantitative estimate of drug-likeness (QED) is 0.853. The Kier molecular flexibility index (Phi) is 3.16. The number of carboxylic acids is 1. The summed E-state index contributed by atoms with van der Waals surface area (Å²) in [4.78, 5) is 15.8. The molecule has 0 spiro atoms. The maximum Gasteiger partial charge on any atom is 0.335 e. The first-order chi connectivity index (χ1) is 7.75. The predicted molar refractivity (Wildman–Crippen MR) is 62.8 cm³/mol. The van der Waals surface area contributed by atoms with Gasteiger partial charge in [-0.25, -0.2) is 4.79 Å². The molecule has 1 aromatic heterocycles. The second kappa shape index (κ2) is 4.76. The highest BCUT2D eigenvalue weighted by atomic mass is 32.1. The molecule has 0 radical (unpaired) electrons. The van der Waals surface area contributed by atoms with Gasteiger partial charge in [0.05, 0.1) is 17.6 Å². The van der Waals surface area contributed by atoms with E-state index in [9.17, 15) is 4.79 Å². The van der Waals surface area contributed by atoms with Gasteiger partial charge >= 0.3 is 5.97 Å². The van der Waals surface area contributed by atoms with Crippen molar-refractivity contribution in [1.29, 1.82) is 0 Å². The van der Waals surface area contributed by atoms with Gasteiger partial charge in [0, 0.05) is 16.8 Å². The third kappa shape index (κ3) is 2.58. The standard InChI is InChI=1S/C11H10N2O2S/c14-11(15)8-2-1-3-9(4-8)13-6-10-5-12-7-16-10/h1-5,7,13H,6H2,(H,14,15). The first kappa shape index (κ1) is 10.6. The van der Waals surface area contributed by atoms with Crippen molar-refractivity contribution in [3.8, 4) is 0 Å². The number of carbonyl (C=O) groups is 1. The van der Waals surface area contributed by atoms with Gasteiger partial charge in [-0.15, -0.1) is 11.3 Å². The van der Waals surface area contributed by atoms with Crippen LogP contribution in [-0.2, 0) is 6.54 Å². The largest absolute Gasteiger partial charge is 0.478 e. The van der Waals surface area contributed by atoms with Crippen LogP contribution in [0.3, 0.4) is 0 Å². The van der Waals surface area contributed by atoms with Crippen LogP contribution in [0.5, 0.6) is 0 Å². The Hall–Kier alpha value is -1.88. The van der Waals surface area contributed by atoms with Gasteiger partial charge in [-0.3, -0.25) is 4.98 Å². The van der Waals surface area contributed by atoms with E-state index in [4.69, 9.17) is 5.11 Å². The third-order valence-electron chi connectivity index (χ3n) is 2.06. The SMILES string of the molecule is O=C(O)c1cccc(NCc2cncs2)c1. The smallest absolute Gasteiger partial charge is 0.335 e. The number of nitrogens with one attached hydrogen (secondary N) is 1. The Labute approximate surface area is 96.6 Å². The highest BCUT2D eigenvalue weighted by molar-refractivity contribution is 7.09. The lowest BCUT2D eigenvalue weighted by Gasteiger charge is -2.04. The Morgan fingerprint density at radius 3 is 3.06 bits per heavy atom. The summed E-state index contributed by atoms with van der Waals surface area (Å²) in [5, 5.41) is 12.0. The number of thiazole rings is 1. The molecular weight excluding hydrogens is 224 g/mol. The molecule has 2 rings (SSSR count). The van der Waals surface area contributed by atoms with Crippen LogP contribution in [-0.4, -0.2) is 16.1 Å². The summed E-state index contributed by atoms with van der Waals surface area (Å²) in [6.45, 7) is 0.660. The first-order valence-electron chi connectivity index (χ1n) is 4.70. The fourth-order valence-corrected chi connectivity index (χ4v) is 1.82. The van der Waals surface area contributed by atoms with Crippen molar-refractivity contribution in [3.63, 3.8) is 0 Å². The second-order valence-electron chi connectivity index (χ2n) is 3.21. The molecule has 4 nitrogen and oxygen atoms in total. The van der Waals surface area contributed by atoms with E-state index in [1.54, 1.807) is 41.2 Å². The van der Waals surface area contributed by atoms with Crippen LogP contribution in [0, 0.1) is 0 Å². The van der Waals surface area contributed by atoms with Crippen molar-refractivity contribution in [3.05, 3.63) is 46.4 Å². The van der Waals surface area contributed by atoms with E-state index < -0.39 is 5.97 Å². The van der Waals surface area contributed by atoms with E-state index in [-0.39, 0.29) is 5.56 Å². The Bertz CT molecular complexity index is 482. The summed E-state index contributed by atoms with van der Waals surface area (Å²) >= 11 is 1.56. The van der Waals surface area contributed by atoms with E-state index in [1.165, 1.54) is 0 Å². The van der Waals surface area contributed by atoms with Gasteiger partial charge in [-0.05, 0) is 18.2 Å². The van der Waals surface area contributed by atoms with E-state index in [2.05, 4.69) is 10.3 Å². The van der Waals surface area contributed by atoms with Crippen molar-refractivity contribution in [2.75, 3.05) is 5.32 Å². The van der Waals surface area contributed by atoms with Crippen LogP contribution < -0.4 is 5.32 Å². The maximum atomic E-state index is 10.8. The Morgan fingerprint density at radius 2 is 2.38 bits per heavy atom. The zero-order chi connectivity index (χ0) is 11.4. The average Bonchev–Trinajstić information content (AvgIpc) is 2.79. The zero-order valence-corrected chi connectivity index (χ0v) is 9.20.